The first-order chi connectivity index (χ1) is 11.6. The first-order valence-corrected chi connectivity index (χ1v) is 8.55. The molecule has 1 saturated heterocycles. The van der Waals surface area contributed by atoms with Gasteiger partial charge in [-0.05, 0) is 43.7 Å². The molecule has 0 aromatic heterocycles. The van der Waals surface area contributed by atoms with E-state index in [1.54, 1.807) is 0 Å². The molecule has 2 aromatic rings. The summed E-state index contributed by atoms with van der Waals surface area (Å²) in [4.78, 5) is 17.1. The molecule has 1 aliphatic heterocycles. The van der Waals surface area contributed by atoms with Crippen LogP contribution in [0.5, 0.6) is 0 Å². The van der Waals surface area contributed by atoms with Crippen LogP contribution in [0.25, 0.3) is 0 Å². The summed E-state index contributed by atoms with van der Waals surface area (Å²) in [5.41, 5.74) is 3.41. The van der Waals surface area contributed by atoms with E-state index in [9.17, 15) is 4.79 Å². The highest BCUT2D eigenvalue weighted by Gasteiger charge is 2.25. The van der Waals surface area contributed by atoms with Gasteiger partial charge in [0.25, 0.3) is 0 Å². The quantitative estimate of drug-likeness (QED) is 0.939. The third-order valence-electron chi connectivity index (χ3n) is 4.65. The van der Waals surface area contributed by atoms with Crippen molar-refractivity contribution in [3.63, 3.8) is 0 Å². The van der Waals surface area contributed by atoms with Crippen LogP contribution in [0.2, 0.25) is 0 Å². The van der Waals surface area contributed by atoms with Crippen molar-refractivity contribution in [1.82, 2.24) is 4.90 Å². The molecule has 0 spiro atoms. The van der Waals surface area contributed by atoms with Crippen LogP contribution >= 0.6 is 0 Å². The average Bonchev–Trinajstić information content (AvgIpc) is 2.62. The Balaban J connectivity index is 1.55. The van der Waals surface area contributed by atoms with Gasteiger partial charge in [0.1, 0.15) is 0 Å². The Labute approximate surface area is 144 Å². The highest BCUT2D eigenvalue weighted by Crippen LogP contribution is 2.19. The summed E-state index contributed by atoms with van der Waals surface area (Å²) in [6.07, 6.45) is 0. The normalized spacial score (nSPS) is 16.7. The number of rotatable bonds is 4. The van der Waals surface area contributed by atoms with Crippen molar-refractivity contribution in [2.24, 2.45) is 0 Å². The molecule has 1 atom stereocenters. The lowest BCUT2D eigenvalue weighted by Gasteiger charge is -2.38. The number of benzene rings is 2. The molecule has 1 amide bonds. The fraction of sp³-hybridized carbons (Fsp3) is 0.350. The lowest BCUT2D eigenvalue weighted by molar-refractivity contribution is -0.120. The molecule has 2 aromatic carbocycles. The van der Waals surface area contributed by atoms with Crippen LogP contribution in [0.1, 0.15) is 12.5 Å². The molecule has 1 N–H and O–H groups in total. The first kappa shape index (κ1) is 16.5. The number of nitrogens with zero attached hydrogens (tertiary/aromatic N) is 2. The van der Waals surface area contributed by atoms with Gasteiger partial charge in [-0.3, -0.25) is 9.69 Å². The van der Waals surface area contributed by atoms with Crippen molar-refractivity contribution in [2.75, 3.05) is 36.4 Å². The van der Waals surface area contributed by atoms with E-state index in [1.807, 2.05) is 37.3 Å². The van der Waals surface area contributed by atoms with Gasteiger partial charge < -0.3 is 10.2 Å². The molecular formula is C20H25N3O. The van der Waals surface area contributed by atoms with Crippen LogP contribution in [-0.4, -0.2) is 43.0 Å². The third kappa shape index (κ3) is 3.95. The smallest absolute Gasteiger partial charge is 0.241 e. The van der Waals surface area contributed by atoms with Gasteiger partial charge >= 0.3 is 0 Å². The van der Waals surface area contributed by atoms with Crippen LogP contribution in [0.15, 0.2) is 54.6 Å². The summed E-state index contributed by atoms with van der Waals surface area (Å²) < 4.78 is 0. The lowest BCUT2D eigenvalue weighted by atomic mass is 10.1. The zero-order chi connectivity index (χ0) is 16.9. The number of carbonyl (C=O) groups excluding carboxylic acids is 1. The molecule has 4 heteroatoms. The molecule has 1 aliphatic rings. The van der Waals surface area contributed by atoms with Gasteiger partial charge in [0, 0.05) is 37.6 Å². The molecule has 0 radical (unpaired) electrons. The van der Waals surface area contributed by atoms with Crippen molar-refractivity contribution in [1.29, 1.82) is 0 Å². The Kier molecular flexibility index (Phi) is 5.16. The van der Waals surface area contributed by atoms with E-state index in [2.05, 4.69) is 46.3 Å². The maximum absolute atomic E-state index is 12.4. The van der Waals surface area contributed by atoms with Crippen LogP contribution in [-0.2, 0) is 4.79 Å². The number of hydrogen-bond donors (Lipinski definition) is 1. The zero-order valence-corrected chi connectivity index (χ0v) is 14.4. The van der Waals surface area contributed by atoms with Gasteiger partial charge in [0.2, 0.25) is 5.91 Å². The van der Waals surface area contributed by atoms with Crippen LogP contribution < -0.4 is 10.2 Å². The van der Waals surface area contributed by atoms with E-state index in [4.69, 9.17) is 0 Å². The summed E-state index contributed by atoms with van der Waals surface area (Å²) >= 11 is 0. The molecule has 0 bridgehead atoms. The molecule has 24 heavy (non-hydrogen) atoms. The monoisotopic (exact) mass is 323 g/mol. The zero-order valence-electron chi connectivity index (χ0n) is 14.4. The topological polar surface area (TPSA) is 35.6 Å². The van der Waals surface area contributed by atoms with Gasteiger partial charge in [-0.25, -0.2) is 0 Å². The van der Waals surface area contributed by atoms with E-state index < -0.39 is 0 Å². The number of amides is 1. The minimum atomic E-state index is -0.120. The van der Waals surface area contributed by atoms with Gasteiger partial charge in [0.05, 0.1) is 6.04 Å². The number of piperazine rings is 1. The molecular weight excluding hydrogens is 298 g/mol. The molecule has 3 rings (SSSR count). The number of aryl methyl sites for hydroxylation is 1. The third-order valence-corrected chi connectivity index (χ3v) is 4.65. The maximum atomic E-state index is 12.4. The number of nitrogens with one attached hydrogen (secondary N) is 1. The Morgan fingerprint density at radius 1 is 1.00 bits per heavy atom. The van der Waals surface area contributed by atoms with E-state index in [-0.39, 0.29) is 11.9 Å². The molecule has 1 heterocycles. The van der Waals surface area contributed by atoms with Crippen molar-refractivity contribution in [2.45, 2.75) is 19.9 Å². The average molecular weight is 323 g/mol. The van der Waals surface area contributed by atoms with Crippen LogP contribution in [0.3, 0.4) is 0 Å². The fourth-order valence-corrected chi connectivity index (χ4v) is 3.13. The van der Waals surface area contributed by atoms with E-state index >= 15 is 0 Å². The summed E-state index contributed by atoms with van der Waals surface area (Å²) in [7, 11) is 0. The van der Waals surface area contributed by atoms with Crippen molar-refractivity contribution >= 4 is 17.3 Å². The highest BCUT2D eigenvalue weighted by atomic mass is 16.2. The highest BCUT2D eigenvalue weighted by molar-refractivity contribution is 5.94. The molecule has 0 saturated carbocycles. The number of anilines is 2. The Morgan fingerprint density at radius 2 is 1.71 bits per heavy atom. The molecule has 4 nitrogen and oxygen atoms in total. The fourth-order valence-electron chi connectivity index (χ4n) is 3.13. The Hall–Kier alpha value is -2.33. The second kappa shape index (κ2) is 7.49. The van der Waals surface area contributed by atoms with Gasteiger partial charge in [0.15, 0.2) is 0 Å². The SMILES string of the molecule is Cc1cccc(N2CCN(C(C)C(=O)Nc3ccccc3)CC2)c1. The summed E-state index contributed by atoms with van der Waals surface area (Å²) in [5, 5.41) is 3.00. The second-order valence-electron chi connectivity index (χ2n) is 6.39. The summed E-state index contributed by atoms with van der Waals surface area (Å²) in [5.74, 6) is 0.0604. The maximum Gasteiger partial charge on any atom is 0.241 e. The van der Waals surface area contributed by atoms with Crippen LogP contribution in [0, 0.1) is 6.92 Å². The predicted octanol–water partition coefficient (Wildman–Crippen LogP) is 3.14. The van der Waals surface area contributed by atoms with Crippen LogP contribution in [0.4, 0.5) is 11.4 Å². The molecule has 1 fully saturated rings. The van der Waals surface area contributed by atoms with Gasteiger partial charge in [-0.1, -0.05) is 30.3 Å². The Morgan fingerprint density at radius 3 is 2.38 bits per heavy atom. The minimum Gasteiger partial charge on any atom is -0.369 e. The Bertz CT molecular complexity index is 678. The molecule has 0 aliphatic carbocycles. The second-order valence-corrected chi connectivity index (χ2v) is 6.39. The molecule has 1 unspecified atom stereocenters. The minimum absolute atomic E-state index is 0.0604. The number of hydrogen-bond acceptors (Lipinski definition) is 3. The molecule has 126 valence electrons. The largest absolute Gasteiger partial charge is 0.369 e. The summed E-state index contributed by atoms with van der Waals surface area (Å²) in [6, 6.07) is 18.1. The van der Waals surface area contributed by atoms with Crippen molar-refractivity contribution in [3.05, 3.63) is 60.2 Å². The standard InChI is InChI=1S/C20H25N3O/c1-16-7-6-10-19(15-16)23-13-11-22(12-14-23)17(2)20(24)21-18-8-4-3-5-9-18/h3-10,15,17H,11-14H2,1-2H3,(H,21,24). The van der Waals surface area contributed by atoms with Crippen molar-refractivity contribution < 1.29 is 4.79 Å². The first-order valence-electron chi connectivity index (χ1n) is 8.55. The number of carbonyl (C=O) groups is 1. The van der Waals surface area contributed by atoms with Gasteiger partial charge in [-0.2, -0.15) is 0 Å². The van der Waals surface area contributed by atoms with Gasteiger partial charge in [-0.15, -0.1) is 0 Å². The number of para-hydroxylation sites is 1. The van der Waals surface area contributed by atoms with E-state index in [0.29, 0.717) is 0 Å². The van der Waals surface area contributed by atoms with E-state index in [0.717, 1.165) is 31.9 Å². The lowest BCUT2D eigenvalue weighted by Crippen LogP contribution is -2.52. The van der Waals surface area contributed by atoms with E-state index in [1.165, 1.54) is 11.3 Å². The predicted molar refractivity (Wildman–Crippen MR) is 99.5 cm³/mol. The summed E-state index contributed by atoms with van der Waals surface area (Å²) in [6.45, 7) is 7.81. The van der Waals surface area contributed by atoms with Crippen molar-refractivity contribution in [3.8, 4) is 0 Å².